The number of aromatic nitrogens is 1. The number of hydrogen-bond acceptors (Lipinski definition) is 4. The van der Waals surface area contributed by atoms with Crippen molar-refractivity contribution >= 4 is 11.3 Å². The Labute approximate surface area is 115 Å². The Morgan fingerprint density at radius 2 is 2.00 bits per heavy atom. The van der Waals surface area contributed by atoms with Gasteiger partial charge in [-0.05, 0) is 33.6 Å². The molecule has 1 N–H and O–H groups in total. The van der Waals surface area contributed by atoms with Gasteiger partial charge in [0.25, 0.3) is 0 Å². The van der Waals surface area contributed by atoms with Crippen molar-refractivity contribution < 1.29 is 0 Å². The first-order valence-corrected chi connectivity index (χ1v) is 7.80. The zero-order valence-corrected chi connectivity index (χ0v) is 12.9. The first-order valence-electron chi connectivity index (χ1n) is 6.98. The van der Waals surface area contributed by atoms with Crippen molar-refractivity contribution in [2.75, 3.05) is 26.2 Å². The lowest BCUT2D eigenvalue weighted by atomic mass is 9.98. The molecule has 1 saturated heterocycles. The molecule has 1 aliphatic heterocycles. The Hall–Kier alpha value is -0.450. The monoisotopic (exact) mass is 267 g/mol. The van der Waals surface area contributed by atoms with Crippen molar-refractivity contribution in [2.45, 2.75) is 46.1 Å². The quantitative estimate of drug-likeness (QED) is 0.908. The smallest absolute Gasteiger partial charge is 0.0931 e. The van der Waals surface area contributed by atoms with Gasteiger partial charge in [0, 0.05) is 31.1 Å². The SMILES string of the molecule is CCCc1nc(C)c(C(C)(C)N2CCNCC2)s1. The second-order valence-electron chi connectivity index (χ2n) is 5.57. The summed E-state index contributed by atoms with van der Waals surface area (Å²) in [6, 6.07) is 0. The lowest BCUT2D eigenvalue weighted by Crippen LogP contribution is -2.51. The number of piperazine rings is 1. The number of thiazole rings is 1. The Balaban J connectivity index is 2.22. The lowest BCUT2D eigenvalue weighted by Gasteiger charge is -2.40. The fourth-order valence-electron chi connectivity index (χ4n) is 2.71. The molecule has 4 heteroatoms. The van der Waals surface area contributed by atoms with Crippen LogP contribution in [0.1, 0.15) is 42.8 Å². The van der Waals surface area contributed by atoms with Gasteiger partial charge in [-0.25, -0.2) is 4.98 Å². The predicted molar refractivity (Wildman–Crippen MR) is 78.3 cm³/mol. The van der Waals surface area contributed by atoms with Gasteiger partial charge >= 0.3 is 0 Å². The average Bonchev–Trinajstić information content (AvgIpc) is 2.73. The molecule has 1 aromatic rings. The summed E-state index contributed by atoms with van der Waals surface area (Å²) in [5.74, 6) is 0. The molecule has 0 aromatic carbocycles. The molecule has 1 fully saturated rings. The largest absolute Gasteiger partial charge is 0.314 e. The van der Waals surface area contributed by atoms with E-state index in [9.17, 15) is 0 Å². The van der Waals surface area contributed by atoms with Crippen LogP contribution in [0.3, 0.4) is 0 Å². The zero-order valence-electron chi connectivity index (χ0n) is 12.0. The Morgan fingerprint density at radius 1 is 1.33 bits per heavy atom. The Bertz CT molecular complexity index is 392. The summed E-state index contributed by atoms with van der Waals surface area (Å²) < 4.78 is 0. The summed E-state index contributed by atoms with van der Waals surface area (Å²) in [5.41, 5.74) is 1.35. The van der Waals surface area contributed by atoms with Gasteiger partial charge in [-0.15, -0.1) is 11.3 Å². The molecule has 1 aromatic heterocycles. The maximum absolute atomic E-state index is 4.74. The molecular formula is C14H25N3S. The van der Waals surface area contributed by atoms with Crippen LogP contribution < -0.4 is 5.32 Å². The fraction of sp³-hybridized carbons (Fsp3) is 0.786. The topological polar surface area (TPSA) is 28.2 Å². The maximum atomic E-state index is 4.74. The van der Waals surface area contributed by atoms with Gasteiger partial charge in [-0.1, -0.05) is 6.92 Å². The van der Waals surface area contributed by atoms with Crippen LogP contribution in [0.4, 0.5) is 0 Å². The third-order valence-electron chi connectivity index (χ3n) is 3.77. The molecule has 0 unspecified atom stereocenters. The minimum Gasteiger partial charge on any atom is -0.314 e. The van der Waals surface area contributed by atoms with Crippen molar-refractivity contribution in [1.82, 2.24) is 15.2 Å². The molecule has 0 aliphatic carbocycles. The number of aryl methyl sites for hydroxylation is 2. The lowest BCUT2D eigenvalue weighted by molar-refractivity contribution is 0.105. The third kappa shape index (κ3) is 2.76. The molecule has 3 nitrogen and oxygen atoms in total. The van der Waals surface area contributed by atoms with Crippen LogP contribution in [0.5, 0.6) is 0 Å². The molecule has 0 saturated carbocycles. The number of rotatable bonds is 4. The molecule has 2 heterocycles. The summed E-state index contributed by atoms with van der Waals surface area (Å²) in [6.45, 7) is 13.5. The van der Waals surface area contributed by atoms with Crippen LogP contribution in [0.25, 0.3) is 0 Å². The van der Waals surface area contributed by atoms with E-state index in [1.54, 1.807) is 0 Å². The van der Waals surface area contributed by atoms with Crippen LogP contribution >= 0.6 is 11.3 Å². The first kappa shape index (κ1) is 14.0. The van der Waals surface area contributed by atoms with Gasteiger partial charge in [-0.2, -0.15) is 0 Å². The molecule has 2 rings (SSSR count). The van der Waals surface area contributed by atoms with Crippen LogP contribution in [0, 0.1) is 6.92 Å². The molecule has 0 atom stereocenters. The van der Waals surface area contributed by atoms with Crippen LogP contribution in [-0.2, 0) is 12.0 Å². The van der Waals surface area contributed by atoms with Crippen molar-refractivity contribution in [2.24, 2.45) is 0 Å². The van der Waals surface area contributed by atoms with E-state index < -0.39 is 0 Å². The normalized spacial score (nSPS) is 18.2. The van der Waals surface area contributed by atoms with Crippen LogP contribution in [0.2, 0.25) is 0 Å². The Kier molecular flexibility index (Phi) is 4.41. The number of nitrogens with zero attached hydrogens (tertiary/aromatic N) is 2. The van der Waals surface area contributed by atoms with Gasteiger partial charge in [0.2, 0.25) is 0 Å². The van der Waals surface area contributed by atoms with Crippen molar-refractivity contribution in [3.8, 4) is 0 Å². The van der Waals surface area contributed by atoms with Gasteiger partial charge in [-0.3, -0.25) is 4.90 Å². The molecule has 0 amide bonds. The van der Waals surface area contributed by atoms with E-state index in [0.29, 0.717) is 0 Å². The molecule has 0 bridgehead atoms. The number of nitrogens with one attached hydrogen (secondary N) is 1. The van der Waals surface area contributed by atoms with Crippen molar-refractivity contribution in [3.05, 3.63) is 15.6 Å². The van der Waals surface area contributed by atoms with E-state index >= 15 is 0 Å². The van der Waals surface area contributed by atoms with Crippen LogP contribution in [-0.4, -0.2) is 36.1 Å². The van der Waals surface area contributed by atoms with Gasteiger partial charge < -0.3 is 5.32 Å². The summed E-state index contributed by atoms with van der Waals surface area (Å²) >= 11 is 1.91. The summed E-state index contributed by atoms with van der Waals surface area (Å²) in [6.07, 6.45) is 2.30. The predicted octanol–water partition coefficient (Wildman–Crippen LogP) is 2.54. The summed E-state index contributed by atoms with van der Waals surface area (Å²) in [5, 5.41) is 4.72. The molecule has 18 heavy (non-hydrogen) atoms. The molecular weight excluding hydrogens is 242 g/mol. The van der Waals surface area contributed by atoms with E-state index in [4.69, 9.17) is 4.98 Å². The summed E-state index contributed by atoms with van der Waals surface area (Å²) in [7, 11) is 0. The molecule has 0 spiro atoms. The Morgan fingerprint density at radius 3 is 2.61 bits per heavy atom. The van der Waals surface area contributed by atoms with Gasteiger partial charge in [0.1, 0.15) is 0 Å². The fourth-order valence-corrected chi connectivity index (χ4v) is 4.00. The molecule has 0 radical (unpaired) electrons. The number of hydrogen-bond donors (Lipinski definition) is 1. The van der Waals surface area contributed by atoms with E-state index in [0.717, 1.165) is 32.6 Å². The van der Waals surface area contributed by atoms with Crippen molar-refractivity contribution in [3.63, 3.8) is 0 Å². The molecule has 102 valence electrons. The highest BCUT2D eigenvalue weighted by atomic mass is 32.1. The second kappa shape index (κ2) is 5.68. The summed E-state index contributed by atoms with van der Waals surface area (Å²) in [4.78, 5) is 8.77. The van der Waals surface area contributed by atoms with Gasteiger partial charge in [0.05, 0.1) is 16.2 Å². The minimum absolute atomic E-state index is 0.121. The minimum atomic E-state index is 0.121. The zero-order chi connectivity index (χ0) is 13.2. The maximum Gasteiger partial charge on any atom is 0.0931 e. The van der Waals surface area contributed by atoms with E-state index in [-0.39, 0.29) is 5.54 Å². The highest BCUT2D eigenvalue weighted by Gasteiger charge is 2.33. The van der Waals surface area contributed by atoms with Crippen molar-refractivity contribution in [1.29, 1.82) is 0 Å². The highest BCUT2D eigenvalue weighted by molar-refractivity contribution is 7.11. The standard InChI is InChI=1S/C14H25N3S/c1-5-6-12-16-11(2)13(18-12)14(3,4)17-9-7-15-8-10-17/h15H,5-10H2,1-4H3. The van der Waals surface area contributed by atoms with Crippen LogP contribution in [0.15, 0.2) is 0 Å². The highest BCUT2D eigenvalue weighted by Crippen LogP contribution is 2.35. The van der Waals surface area contributed by atoms with Gasteiger partial charge in [0.15, 0.2) is 0 Å². The average molecular weight is 267 g/mol. The third-order valence-corrected chi connectivity index (χ3v) is 5.30. The first-order chi connectivity index (χ1) is 8.55. The second-order valence-corrected chi connectivity index (χ2v) is 6.65. The van der Waals surface area contributed by atoms with E-state index in [1.807, 2.05) is 11.3 Å². The molecule has 1 aliphatic rings. The van der Waals surface area contributed by atoms with E-state index in [1.165, 1.54) is 22.0 Å². The van der Waals surface area contributed by atoms with E-state index in [2.05, 4.69) is 37.9 Å².